The van der Waals surface area contributed by atoms with Crippen LogP contribution in [0.3, 0.4) is 0 Å². The Labute approximate surface area is 276 Å². The van der Waals surface area contributed by atoms with Crippen molar-refractivity contribution in [1.82, 2.24) is 19.7 Å². The SMILES string of the molecule is CCn1cc(C(=O)O)c(=O)c2cc(F)c(N3CCN(C(=O)OCc4ccc(NC(=O)C(C)c5nnc([C@H](C)C(C)C)o5)cc4)CC3)cc21. The molecule has 1 fully saturated rings. The van der Waals surface area contributed by atoms with Crippen molar-refractivity contribution < 1.29 is 33.0 Å². The third kappa shape index (κ3) is 7.16. The number of ether oxygens (including phenoxy) is 1. The molecule has 2 amide bonds. The second kappa shape index (κ2) is 14.2. The molecule has 3 heterocycles. The molecule has 1 unspecified atom stereocenters. The van der Waals surface area contributed by atoms with Gasteiger partial charge in [0.1, 0.15) is 23.9 Å². The standard InChI is InChI=1S/C34H39FN6O7/c1-6-39-17-25(33(44)45)29(42)24-15-26(35)28(16-27(24)39)40-11-13-41(14-12-40)34(46)47-18-22-7-9-23(10-8-22)36-30(43)21(5)32-38-37-31(48-32)20(4)19(2)3/h7-10,15-17,19-21H,6,11-14,18H2,1-5H3,(H,36,43)(H,44,45)/t20-,21?/m1/s1. The molecule has 4 aromatic rings. The number of carbonyl (C=O) groups excluding carboxylic acids is 2. The van der Waals surface area contributed by atoms with Crippen LogP contribution in [0.15, 0.2) is 51.8 Å². The summed E-state index contributed by atoms with van der Waals surface area (Å²) >= 11 is 0. The van der Waals surface area contributed by atoms with Crippen LogP contribution in [0.1, 0.15) is 74.2 Å². The summed E-state index contributed by atoms with van der Waals surface area (Å²) in [5.74, 6) is -1.80. The number of carboxylic acids is 1. The number of aryl methyl sites for hydroxylation is 1. The molecule has 1 aliphatic rings. The van der Waals surface area contributed by atoms with Gasteiger partial charge >= 0.3 is 12.1 Å². The maximum atomic E-state index is 15.2. The number of aromatic nitrogens is 3. The van der Waals surface area contributed by atoms with Gasteiger partial charge < -0.3 is 33.9 Å². The van der Waals surface area contributed by atoms with E-state index in [9.17, 15) is 24.3 Å². The summed E-state index contributed by atoms with van der Waals surface area (Å²) in [6.07, 6.45) is 0.764. The predicted octanol–water partition coefficient (Wildman–Crippen LogP) is 5.20. The first kappa shape index (κ1) is 34.1. The Hall–Kier alpha value is -5.27. The highest BCUT2D eigenvalue weighted by atomic mass is 19.1. The quantitative estimate of drug-likeness (QED) is 0.231. The lowest BCUT2D eigenvalue weighted by molar-refractivity contribution is -0.117. The molecule has 2 atom stereocenters. The summed E-state index contributed by atoms with van der Waals surface area (Å²) in [5.41, 5.74) is 0.839. The Kier molecular flexibility index (Phi) is 10.1. The lowest BCUT2D eigenvalue weighted by Gasteiger charge is -2.35. The van der Waals surface area contributed by atoms with Gasteiger partial charge in [0.25, 0.3) is 0 Å². The van der Waals surface area contributed by atoms with Crippen LogP contribution in [0.4, 0.5) is 20.6 Å². The first-order valence-electron chi connectivity index (χ1n) is 15.9. The number of hydrogen-bond acceptors (Lipinski definition) is 9. The van der Waals surface area contributed by atoms with Gasteiger partial charge in [-0.2, -0.15) is 0 Å². The van der Waals surface area contributed by atoms with Crippen molar-refractivity contribution in [3.63, 3.8) is 0 Å². The first-order chi connectivity index (χ1) is 22.9. The van der Waals surface area contributed by atoms with Crippen LogP contribution in [0.2, 0.25) is 0 Å². The van der Waals surface area contributed by atoms with Crippen molar-refractivity contribution >= 4 is 40.2 Å². The van der Waals surface area contributed by atoms with E-state index in [1.165, 1.54) is 11.1 Å². The number of halogens is 1. The normalized spacial score (nSPS) is 14.6. The third-order valence-corrected chi connectivity index (χ3v) is 8.79. The fourth-order valence-electron chi connectivity index (χ4n) is 5.36. The van der Waals surface area contributed by atoms with Crippen molar-refractivity contribution in [2.75, 3.05) is 36.4 Å². The molecule has 0 aliphatic carbocycles. The Morgan fingerprint density at radius 1 is 1.02 bits per heavy atom. The van der Waals surface area contributed by atoms with Crippen LogP contribution < -0.4 is 15.6 Å². The number of rotatable bonds is 10. The van der Waals surface area contributed by atoms with E-state index in [2.05, 4.69) is 29.4 Å². The van der Waals surface area contributed by atoms with Crippen LogP contribution in [0, 0.1) is 11.7 Å². The highest BCUT2D eigenvalue weighted by Crippen LogP contribution is 2.27. The lowest BCUT2D eigenvalue weighted by Crippen LogP contribution is -2.49. The van der Waals surface area contributed by atoms with Gasteiger partial charge in [-0.15, -0.1) is 10.2 Å². The number of fused-ring (bicyclic) bond motifs is 1. The molecule has 1 saturated heterocycles. The van der Waals surface area contributed by atoms with Gasteiger partial charge in [-0.05, 0) is 49.6 Å². The van der Waals surface area contributed by atoms with E-state index < -0.39 is 34.8 Å². The Morgan fingerprint density at radius 3 is 2.31 bits per heavy atom. The van der Waals surface area contributed by atoms with E-state index >= 15 is 4.39 Å². The molecule has 1 aliphatic heterocycles. The smallest absolute Gasteiger partial charge is 0.410 e. The first-order valence-corrected chi connectivity index (χ1v) is 15.9. The molecule has 14 heteroatoms. The molecule has 0 radical (unpaired) electrons. The van der Waals surface area contributed by atoms with Crippen molar-refractivity contribution in [1.29, 1.82) is 0 Å². The summed E-state index contributed by atoms with van der Waals surface area (Å²) in [6, 6.07) is 9.56. The number of hydrogen-bond donors (Lipinski definition) is 2. The number of nitrogens with one attached hydrogen (secondary N) is 1. The van der Waals surface area contributed by atoms with Crippen LogP contribution in [-0.4, -0.2) is 68.9 Å². The van der Waals surface area contributed by atoms with E-state index in [1.54, 1.807) is 53.6 Å². The molecule has 2 N–H and O–H groups in total. The number of nitrogens with zero attached hydrogens (tertiary/aromatic N) is 5. The number of pyridine rings is 1. The zero-order valence-corrected chi connectivity index (χ0v) is 27.5. The largest absolute Gasteiger partial charge is 0.477 e. The van der Waals surface area contributed by atoms with Crippen LogP contribution in [-0.2, 0) is 22.7 Å². The summed E-state index contributed by atoms with van der Waals surface area (Å²) in [7, 11) is 0. The van der Waals surface area contributed by atoms with E-state index in [0.29, 0.717) is 42.6 Å². The average Bonchev–Trinajstić information content (AvgIpc) is 3.57. The van der Waals surface area contributed by atoms with Crippen molar-refractivity contribution in [2.24, 2.45) is 5.92 Å². The second-order valence-corrected chi connectivity index (χ2v) is 12.2. The molecule has 5 rings (SSSR count). The van der Waals surface area contributed by atoms with Gasteiger partial charge in [-0.25, -0.2) is 14.0 Å². The molecule has 48 heavy (non-hydrogen) atoms. The highest BCUT2D eigenvalue weighted by Gasteiger charge is 2.27. The molecule has 13 nitrogen and oxygen atoms in total. The van der Waals surface area contributed by atoms with Crippen molar-refractivity contribution in [3.05, 3.63) is 81.5 Å². The van der Waals surface area contributed by atoms with Gasteiger partial charge in [0, 0.05) is 55.9 Å². The number of benzene rings is 2. The number of amides is 2. The minimum atomic E-state index is -1.37. The highest BCUT2D eigenvalue weighted by molar-refractivity contribution is 5.95. The number of carboxylic acid groups (broad SMARTS) is 1. The summed E-state index contributed by atoms with van der Waals surface area (Å²) in [6.45, 7) is 11.3. The summed E-state index contributed by atoms with van der Waals surface area (Å²) in [5, 5.41) is 20.4. The summed E-state index contributed by atoms with van der Waals surface area (Å²) < 4.78 is 28.1. The summed E-state index contributed by atoms with van der Waals surface area (Å²) in [4.78, 5) is 53.1. The Morgan fingerprint density at radius 2 is 1.69 bits per heavy atom. The minimum absolute atomic E-state index is 0.000718. The fourth-order valence-corrected chi connectivity index (χ4v) is 5.36. The molecular formula is C34H39FN6O7. The van der Waals surface area contributed by atoms with E-state index in [1.807, 2.05) is 6.92 Å². The average molecular weight is 663 g/mol. The maximum Gasteiger partial charge on any atom is 0.410 e. The lowest BCUT2D eigenvalue weighted by atomic mass is 9.98. The number of anilines is 2. The Balaban J connectivity index is 1.13. The van der Waals surface area contributed by atoms with E-state index in [-0.39, 0.29) is 48.5 Å². The molecule has 0 saturated carbocycles. The van der Waals surface area contributed by atoms with Crippen LogP contribution >= 0.6 is 0 Å². The Bertz CT molecular complexity index is 1880. The molecule has 2 aromatic heterocycles. The second-order valence-electron chi connectivity index (χ2n) is 12.2. The topological polar surface area (TPSA) is 160 Å². The third-order valence-electron chi connectivity index (χ3n) is 8.79. The zero-order valence-electron chi connectivity index (χ0n) is 27.5. The van der Waals surface area contributed by atoms with E-state index in [4.69, 9.17) is 9.15 Å². The van der Waals surface area contributed by atoms with Gasteiger partial charge in [-0.3, -0.25) is 9.59 Å². The van der Waals surface area contributed by atoms with E-state index in [0.717, 1.165) is 11.6 Å². The number of piperazine rings is 1. The number of carbonyl (C=O) groups is 3. The van der Waals surface area contributed by atoms with Crippen LogP contribution in [0.25, 0.3) is 10.9 Å². The molecule has 0 bridgehead atoms. The van der Waals surface area contributed by atoms with Gasteiger partial charge in [0.05, 0.1) is 11.2 Å². The molecular weight excluding hydrogens is 623 g/mol. The minimum Gasteiger partial charge on any atom is -0.477 e. The van der Waals surface area contributed by atoms with Gasteiger partial charge in [0.15, 0.2) is 0 Å². The maximum absolute atomic E-state index is 15.2. The fraction of sp³-hybridized carbons (Fsp3) is 0.412. The number of aromatic carboxylic acids is 1. The molecule has 0 spiro atoms. The van der Waals surface area contributed by atoms with Crippen molar-refractivity contribution in [2.45, 2.75) is 59.6 Å². The molecule has 2 aromatic carbocycles. The van der Waals surface area contributed by atoms with Gasteiger partial charge in [-0.1, -0.05) is 32.9 Å². The van der Waals surface area contributed by atoms with Gasteiger partial charge in [0.2, 0.25) is 23.1 Å². The van der Waals surface area contributed by atoms with Crippen LogP contribution in [0.5, 0.6) is 0 Å². The zero-order chi connectivity index (χ0) is 34.7. The monoisotopic (exact) mass is 662 g/mol. The molecule has 254 valence electrons. The van der Waals surface area contributed by atoms with Crippen molar-refractivity contribution in [3.8, 4) is 0 Å². The predicted molar refractivity (Wildman–Crippen MR) is 176 cm³/mol.